The van der Waals surface area contributed by atoms with Gasteiger partial charge in [0, 0.05) is 37.5 Å². The van der Waals surface area contributed by atoms with Crippen molar-refractivity contribution in [1.29, 1.82) is 0 Å². The fraction of sp³-hybridized carbons (Fsp3) is 0.409. The zero-order valence-corrected chi connectivity index (χ0v) is 16.3. The molecule has 1 N–H and O–H groups in total. The summed E-state index contributed by atoms with van der Waals surface area (Å²) in [4.78, 5) is 14.5. The molecule has 0 bridgehead atoms. The Labute approximate surface area is 168 Å². The molecule has 2 heterocycles. The second kappa shape index (κ2) is 8.08. The van der Waals surface area contributed by atoms with Gasteiger partial charge in [0.1, 0.15) is 5.75 Å². The van der Waals surface area contributed by atoms with Gasteiger partial charge >= 0.3 is 0 Å². The summed E-state index contributed by atoms with van der Waals surface area (Å²) in [7, 11) is 1.63. The molecule has 5 nitrogen and oxygen atoms in total. The minimum absolute atomic E-state index is 0.0887. The van der Waals surface area contributed by atoms with Gasteiger partial charge < -0.3 is 14.8 Å². The predicted molar refractivity (Wildman–Crippen MR) is 104 cm³/mol. The number of para-hydroxylation sites is 1. The smallest absolute Gasteiger partial charge is 0.222 e. The number of nitrogens with one attached hydrogen (secondary N) is 1. The summed E-state index contributed by atoms with van der Waals surface area (Å²) in [6.45, 7) is 2.41. The number of hydrogen-bond donors (Lipinski definition) is 1. The van der Waals surface area contributed by atoms with E-state index in [0.717, 1.165) is 17.4 Å². The van der Waals surface area contributed by atoms with Crippen LogP contribution in [0.5, 0.6) is 5.75 Å². The van der Waals surface area contributed by atoms with Gasteiger partial charge in [-0.05, 0) is 23.8 Å². The second-order valence-electron chi connectivity index (χ2n) is 7.71. The van der Waals surface area contributed by atoms with Gasteiger partial charge in [-0.2, -0.15) is 0 Å². The van der Waals surface area contributed by atoms with Gasteiger partial charge in [0.2, 0.25) is 5.91 Å². The zero-order valence-electron chi connectivity index (χ0n) is 16.3. The van der Waals surface area contributed by atoms with Gasteiger partial charge in [0.05, 0.1) is 25.9 Å². The number of nitrogens with zero attached hydrogens (tertiary/aromatic N) is 1. The SMILES string of the molecule is COc1ccccc1CN1C[C@@H](c2ccc(F)c(F)c2)[C@@]2(COCCC(=O)N2)C1. The molecule has 7 heteroatoms. The van der Waals surface area contributed by atoms with Crippen molar-refractivity contribution in [1.82, 2.24) is 10.2 Å². The number of carbonyl (C=O) groups is 1. The molecule has 2 aliphatic heterocycles. The lowest BCUT2D eigenvalue weighted by atomic mass is 9.82. The number of amides is 1. The molecular formula is C22H24F2N2O3. The summed E-state index contributed by atoms with van der Waals surface area (Å²) in [6, 6.07) is 11.7. The van der Waals surface area contributed by atoms with E-state index in [2.05, 4.69) is 10.2 Å². The topological polar surface area (TPSA) is 50.8 Å². The molecule has 154 valence electrons. The molecule has 2 aromatic carbocycles. The molecule has 0 radical (unpaired) electrons. The Bertz CT molecular complexity index is 907. The van der Waals surface area contributed by atoms with Crippen LogP contribution in [-0.4, -0.2) is 49.8 Å². The van der Waals surface area contributed by atoms with Crippen molar-refractivity contribution in [2.45, 2.75) is 24.4 Å². The molecule has 2 saturated heterocycles. The van der Waals surface area contributed by atoms with E-state index in [1.807, 2.05) is 24.3 Å². The fourth-order valence-electron chi connectivity index (χ4n) is 4.42. The fourth-order valence-corrected chi connectivity index (χ4v) is 4.42. The van der Waals surface area contributed by atoms with Crippen molar-refractivity contribution < 1.29 is 23.0 Å². The molecular weight excluding hydrogens is 378 g/mol. The number of hydrogen-bond acceptors (Lipinski definition) is 4. The number of likely N-dealkylation sites (tertiary alicyclic amines) is 1. The summed E-state index contributed by atoms with van der Waals surface area (Å²) in [6.07, 6.45) is 0.290. The maximum absolute atomic E-state index is 14.0. The summed E-state index contributed by atoms with van der Waals surface area (Å²) in [5.74, 6) is -1.29. The van der Waals surface area contributed by atoms with E-state index >= 15 is 0 Å². The molecule has 0 aliphatic carbocycles. The highest BCUT2D eigenvalue weighted by Crippen LogP contribution is 2.39. The lowest BCUT2D eigenvalue weighted by Gasteiger charge is -2.34. The van der Waals surface area contributed by atoms with Crippen LogP contribution in [0.25, 0.3) is 0 Å². The monoisotopic (exact) mass is 402 g/mol. The average molecular weight is 402 g/mol. The lowest BCUT2D eigenvalue weighted by molar-refractivity contribution is -0.122. The first-order valence-electron chi connectivity index (χ1n) is 9.69. The molecule has 0 unspecified atom stereocenters. The number of halogens is 2. The first kappa shape index (κ1) is 19.8. The maximum Gasteiger partial charge on any atom is 0.222 e. The molecule has 29 heavy (non-hydrogen) atoms. The van der Waals surface area contributed by atoms with Crippen LogP contribution in [0.4, 0.5) is 8.78 Å². The van der Waals surface area contributed by atoms with Crippen molar-refractivity contribution >= 4 is 5.91 Å². The normalized spacial score (nSPS) is 25.1. The quantitative estimate of drug-likeness (QED) is 0.855. The van der Waals surface area contributed by atoms with Crippen LogP contribution >= 0.6 is 0 Å². The van der Waals surface area contributed by atoms with Crippen LogP contribution in [-0.2, 0) is 16.1 Å². The van der Waals surface area contributed by atoms with E-state index in [1.54, 1.807) is 13.2 Å². The van der Waals surface area contributed by atoms with Crippen molar-refractivity contribution in [3.63, 3.8) is 0 Å². The van der Waals surface area contributed by atoms with Crippen molar-refractivity contribution in [3.8, 4) is 5.75 Å². The molecule has 2 aromatic rings. The molecule has 4 rings (SSSR count). The number of benzene rings is 2. The third kappa shape index (κ3) is 3.97. The Kier molecular flexibility index (Phi) is 5.52. The Morgan fingerprint density at radius 2 is 2.07 bits per heavy atom. The highest BCUT2D eigenvalue weighted by atomic mass is 19.2. The van der Waals surface area contributed by atoms with Gasteiger partial charge in [0.25, 0.3) is 0 Å². The van der Waals surface area contributed by atoms with E-state index in [1.165, 1.54) is 6.07 Å². The van der Waals surface area contributed by atoms with E-state index in [-0.39, 0.29) is 11.8 Å². The summed E-state index contributed by atoms with van der Waals surface area (Å²) in [5.41, 5.74) is 0.981. The van der Waals surface area contributed by atoms with E-state index in [9.17, 15) is 13.6 Å². The first-order valence-corrected chi connectivity index (χ1v) is 9.69. The van der Waals surface area contributed by atoms with E-state index < -0.39 is 17.2 Å². The van der Waals surface area contributed by atoms with Gasteiger partial charge in [0.15, 0.2) is 11.6 Å². The maximum atomic E-state index is 14.0. The number of ether oxygens (including phenoxy) is 2. The third-order valence-electron chi connectivity index (χ3n) is 5.77. The molecule has 2 aliphatic rings. The Hall–Kier alpha value is -2.51. The molecule has 1 amide bonds. The van der Waals surface area contributed by atoms with E-state index in [0.29, 0.717) is 44.8 Å². The van der Waals surface area contributed by atoms with Gasteiger partial charge in [-0.25, -0.2) is 8.78 Å². The number of rotatable bonds is 4. The first-order chi connectivity index (χ1) is 14.0. The summed E-state index contributed by atoms with van der Waals surface area (Å²) >= 11 is 0. The van der Waals surface area contributed by atoms with E-state index in [4.69, 9.17) is 9.47 Å². The van der Waals surface area contributed by atoms with Gasteiger partial charge in [-0.15, -0.1) is 0 Å². The molecule has 2 atom stereocenters. The molecule has 0 aromatic heterocycles. The predicted octanol–water partition coefficient (Wildman–Crippen LogP) is 2.85. The average Bonchev–Trinajstić information content (AvgIpc) is 2.93. The Morgan fingerprint density at radius 3 is 2.86 bits per heavy atom. The lowest BCUT2D eigenvalue weighted by Crippen LogP contribution is -2.55. The second-order valence-corrected chi connectivity index (χ2v) is 7.71. The van der Waals surface area contributed by atoms with Crippen LogP contribution in [0.2, 0.25) is 0 Å². The van der Waals surface area contributed by atoms with Crippen LogP contribution in [0.3, 0.4) is 0 Å². The third-order valence-corrected chi connectivity index (χ3v) is 5.77. The summed E-state index contributed by atoms with van der Waals surface area (Å²) in [5, 5.41) is 3.13. The van der Waals surface area contributed by atoms with Gasteiger partial charge in [-0.3, -0.25) is 9.69 Å². The Balaban J connectivity index is 1.67. The largest absolute Gasteiger partial charge is 0.496 e. The van der Waals surface area contributed by atoms with Crippen LogP contribution in [0.1, 0.15) is 23.5 Å². The minimum Gasteiger partial charge on any atom is -0.496 e. The molecule has 1 spiro atoms. The minimum atomic E-state index is -0.887. The number of methoxy groups -OCH3 is 1. The van der Waals surface area contributed by atoms with Crippen molar-refractivity contribution in [2.75, 3.05) is 33.4 Å². The standard InChI is InChI=1S/C22H24F2N2O3/c1-28-20-5-3-2-4-16(20)11-26-12-17(15-6-7-18(23)19(24)10-15)22(13-26)14-29-9-8-21(27)25-22/h2-7,10,17H,8-9,11-14H2,1H3,(H,25,27)/t17-,22-/m0/s1. The Morgan fingerprint density at radius 1 is 1.24 bits per heavy atom. The van der Waals surface area contributed by atoms with Crippen LogP contribution in [0, 0.1) is 11.6 Å². The van der Waals surface area contributed by atoms with Crippen LogP contribution in [0.15, 0.2) is 42.5 Å². The van der Waals surface area contributed by atoms with Crippen molar-refractivity contribution in [3.05, 3.63) is 65.2 Å². The van der Waals surface area contributed by atoms with Crippen molar-refractivity contribution in [2.24, 2.45) is 0 Å². The summed E-state index contributed by atoms with van der Waals surface area (Å²) < 4.78 is 38.7. The highest BCUT2D eigenvalue weighted by Gasteiger charge is 2.49. The zero-order chi connectivity index (χ0) is 20.4. The molecule has 0 saturated carbocycles. The number of carbonyl (C=O) groups excluding carboxylic acids is 1. The van der Waals surface area contributed by atoms with Gasteiger partial charge in [-0.1, -0.05) is 24.3 Å². The molecule has 2 fully saturated rings. The highest BCUT2D eigenvalue weighted by molar-refractivity contribution is 5.77. The van der Waals surface area contributed by atoms with Crippen LogP contribution < -0.4 is 10.1 Å².